The Morgan fingerprint density at radius 2 is 1.42 bits per heavy atom. The van der Waals surface area contributed by atoms with E-state index in [2.05, 4.69) is 9.97 Å². The van der Waals surface area contributed by atoms with E-state index in [0.29, 0.717) is 37.9 Å². The minimum absolute atomic E-state index is 0.428. The third kappa shape index (κ3) is 4.28. The predicted octanol–water partition coefficient (Wildman–Crippen LogP) is 3.35. The molecular weight excluding hydrogens is 332 g/mol. The average molecular weight is 354 g/mol. The minimum Gasteiger partial charge on any atom is -0.487 e. The fourth-order valence-corrected chi connectivity index (χ4v) is 2.59. The topological polar surface area (TPSA) is 62.7 Å². The molecular formula is C20H22N2O4. The maximum absolute atomic E-state index is 5.86. The lowest BCUT2D eigenvalue weighted by Gasteiger charge is -2.14. The van der Waals surface area contributed by atoms with Crippen LogP contribution in [0.4, 0.5) is 0 Å². The molecule has 0 amide bonds. The summed E-state index contributed by atoms with van der Waals surface area (Å²) in [5.74, 6) is 1.26. The Bertz CT molecular complexity index is 840. The molecule has 3 aromatic rings. The number of hydrogen-bond donors (Lipinski definition) is 0. The average Bonchev–Trinajstić information content (AvgIpc) is 2.69. The standard InChI is InChI=1S/C20H22N2O4/c1-23-8-10-25-18-12-16-17(13-19(18)26-11-9-24-2)21-14-22-20(16)15-6-4-3-5-7-15/h3-7,12-14H,8-11H2,1-2H3. The normalized spacial score (nSPS) is 10.8. The van der Waals surface area contributed by atoms with Crippen molar-refractivity contribution in [3.05, 3.63) is 48.8 Å². The zero-order valence-electron chi connectivity index (χ0n) is 15.0. The molecule has 0 N–H and O–H groups in total. The monoisotopic (exact) mass is 354 g/mol. The molecule has 0 aliphatic carbocycles. The van der Waals surface area contributed by atoms with Crippen LogP contribution in [0.2, 0.25) is 0 Å². The third-order valence-electron chi connectivity index (χ3n) is 3.84. The molecule has 0 aliphatic rings. The fraction of sp³-hybridized carbons (Fsp3) is 0.300. The number of aromatic nitrogens is 2. The van der Waals surface area contributed by atoms with Crippen LogP contribution in [0.25, 0.3) is 22.2 Å². The summed E-state index contributed by atoms with van der Waals surface area (Å²) in [7, 11) is 3.28. The Morgan fingerprint density at radius 3 is 2.08 bits per heavy atom. The smallest absolute Gasteiger partial charge is 0.163 e. The van der Waals surface area contributed by atoms with Crippen LogP contribution >= 0.6 is 0 Å². The van der Waals surface area contributed by atoms with Gasteiger partial charge < -0.3 is 18.9 Å². The van der Waals surface area contributed by atoms with Crippen molar-refractivity contribution in [3.63, 3.8) is 0 Å². The van der Waals surface area contributed by atoms with Crippen LogP contribution in [0.3, 0.4) is 0 Å². The molecule has 26 heavy (non-hydrogen) atoms. The molecule has 6 heteroatoms. The molecule has 6 nitrogen and oxygen atoms in total. The molecule has 1 aromatic heterocycles. The predicted molar refractivity (Wildman–Crippen MR) is 99.7 cm³/mol. The highest BCUT2D eigenvalue weighted by Gasteiger charge is 2.13. The molecule has 0 saturated carbocycles. The van der Waals surface area contributed by atoms with E-state index in [1.165, 1.54) is 0 Å². The van der Waals surface area contributed by atoms with Crippen LogP contribution in [0.5, 0.6) is 11.5 Å². The summed E-state index contributed by atoms with van der Waals surface area (Å²) >= 11 is 0. The lowest BCUT2D eigenvalue weighted by atomic mass is 10.1. The van der Waals surface area contributed by atoms with Gasteiger partial charge in [0.15, 0.2) is 11.5 Å². The minimum atomic E-state index is 0.428. The van der Waals surface area contributed by atoms with Gasteiger partial charge in [0.25, 0.3) is 0 Å². The Morgan fingerprint density at radius 1 is 0.769 bits per heavy atom. The third-order valence-corrected chi connectivity index (χ3v) is 3.84. The molecule has 2 aromatic carbocycles. The van der Waals surface area contributed by atoms with Crippen LogP contribution in [-0.4, -0.2) is 50.6 Å². The van der Waals surface area contributed by atoms with E-state index in [1.807, 2.05) is 42.5 Å². The number of fused-ring (bicyclic) bond motifs is 1. The van der Waals surface area contributed by atoms with Gasteiger partial charge in [-0.1, -0.05) is 30.3 Å². The van der Waals surface area contributed by atoms with Crippen molar-refractivity contribution >= 4 is 10.9 Å². The first-order valence-electron chi connectivity index (χ1n) is 8.41. The fourth-order valence-electron chi connectivity index (χ4n) is 2.59. The highest BCUT2D eigenvalue weighted by atomic mass is 16.5. The van der Waals surface area contributed by atoms with Crippen LogP contribution in [-0.2, 0) is 9.47 Å². The van der Waals surface area contributed by atoms with E-state index >= 15 is 0 Å². The first-order valence-corrected chi connectivity index (χ1v) is 8.41. The second-order valence-corrected chi connectivity index (χ2v) is 5.59. The van der Waals surface area contributed by atoms with Crippen LogP contribution < -0.4 is 9.47 Å². The first-order chi connectivity index (χ1) is 12.8. The largest absolute Gasteiger partial charge is 0.487 e. The Kier molecular flexibility index (Phi) is 6.35. The highest BCUT2D eigenvalue weighted by molar-refractivity contribution is 5.94. The summed E-state index contributed by atoms with van der Waals surface area (Å²) in [5, 5.41) is 0.908. The second kappa shape index (κ2) is 9.12. The van der Waals surface area contributed by atoms with E-state index in [-0.39, 0.29) is 0 Å². The number of nitrogens with zero attached hydrogens (tertiary/aromatic N) is 2. The molecule has 0 radical (unpaired) electrons. The van der Waals surface area contributed by atoms with Crippen molar-refractivity contribution in [1.29, 1.82) is 0 Å². The van der Waals surface area contributed by atoms with Crippen molar-refractivity contribution in [2.75, 3.05) is 40.6 Å². The van der Waals surface area contributed by atoms with Gasteiger partial charge in [-0.05, 0) is 6.07 Å². The van der Waals surface area contributed by atoms with Crippen molar-refractivity contribution < 1.29 is 18.9 Å². The second-order valence-electron chi connectivity index (χ2n) is 5.59. The van der Waals surface area contributed by atoms with Gasteiger partial charge in [-0.2, -0.15) is 0 Å². The highest BCUT2D eigenvalue weighted by Crippen LogP contribution is 2.35. The summed E-state index contributed by atoms with van der Waals surface area (Å²) in [5.41, 5.74) is 2.68. The van der Waals surface area contributed by atoms with Gasteiger partial charge in [-0.25, -0.2) is 9.97 Å². The maximum Gasteiger partial charge on any atom is 0.163 e. The summed E-state index contributed by atoms with van der Waals surface area (Å²) in [6, 6.07) is 13.8. The SMILES string of the molecule is COCCOc1cc2ncnc(-c3ccccc3)c2cc1OCCOC. The number of rotatable bonds is 9. The van der Waals surface area contributed by atoms with E-state index in [1.54, 1.807) is 20.5 Å². The molecule has 136 valence electrons. The summed E-state index contributed by atoms with van der Waals surface area (Å²) < 4.78 is 21.8. The van der Waals surface area contributed by atoms with E-state index in [0.717, 1.165) is 22.2 Å². The Hall–Kier alpha value is -2.70. The first kappa shape index (κ1) is 18.1. The van der Waals surface area contributed by atoms with Gasteiger partial charge in [0.1, 0.15) is 19.5 Å². The summed E-state index contributed by atoms with van der Waals surface area (Å²) in [6.45, 7) is 1.84. The number of benzene rings is 2. The number of hydrogen-bond acceptors (Lipinski definition) is 6. The zero-order valence-corrected chi connectivity index (χ0v) is 15.0. The molecule has 0 aliphatic heterocycles. The number of ether oxygens (including phenoxy) is 4. The van der Waals surface area contributed by atoms with Gasteiger partial charge in [0.2, 0.25) is 0 Å². The molecule has 0 atom stereocenters. The van der Waals surface area contributed by atoms with Gasteiger partial charge >= 0.3 is 0 Å². The molecule has 0 saturated heterocycles. The van der Waals surface area contributed by atoms with Gasteiger partial charge in [0.05, 0.1) is 24.4 Å². The molecule has 3 rings (SSSR count). The number of methoxy groups -OCH3 is 2. The maximum atomic E-state index is 5.86. The lowest BCUT2D eigenvalue weighted by molar-refractivity contribution is 0.132. The van der Waals surface area contributed by atoms with Crippen LogP contribution in [0, 0.1) is 0 Å². The Balaban J connectivity index is 2.02. The quantitative estimate of drug-likeness (QED) is 0.549. The van der Waals surface area contributed by atoms with Crippen molar-refractivity contribution in [2.24, 2.45) is 0 Å². The molecule has 1 heterocycles. The van der Waals surface area contributed by atoms with Gasteiger partial charge in [-0.15, -0.1) is 0 Å². The van der Waals surface area contributed by atoms with Crippen LogP contribution in [0.15, 0.2) is 48.8 Å². The summed E-state index contributed by atoms with van der Waals surface area (Å²) in [6.07, 6.45) is 1.56. The summed E-state index contributed by atoms with van der Waals surface area (Å²) in [4.78, 5) is 8.86. The zero-order chi connectivity index (χ0) is 18.2. The lowest BCUT2D eigenvalue weighted by Crippen LogP contribution is -2.08. The van der Waals surface area contributed by atoms with Gasteiger partial charge in [-0.3, -0.25) is 0 Å². The van der Waals surface area contributed by atoms with Crippen molar-refractivity contribution in [2.45, 2.75) is 0 Å². The van der Waals surface area contributed by atoms with Gasteiger partial charge in [0, 0.05) is 31.2 Å². The molecule has 0 unspecified atom stereocenters. The Labute approximate surface area is 152 Å². The van der Waals surface area contributed by atoms with Crippen molar-refractivity contribution in [1.82, 2.24) is 9.97 Å². The molecule has 0 bridgehead atoms. The van der Waals surface area contributed by atoms with Crippen molar-refractivity contribution in [3.8, 4) is 22.8 Å². The molecule has 0 spiro atoms. The van der Waals surface area contributed by atoms with E-state index < -0.39 is 0 Å². The van der Waals surface area contributed by atoms with E-state index in [9.17, 15) is 0 Å². The van der Waals surface area contributed by atoms with E-state index in [4.69, 9.17) is 18.9 Å². The van der Waals surface area contributed by atoms with Crippen LogP contribution in [0.1, 0.15) is 0 Å². The molecule has 0 fully saturated rings.